The Hall–Kier alpha value is -0.180. The minimum Gasteiger partial charge on any atom is -0.391 e. The number of aliphatic hydroxyl groups excluding tert-OH is 1. The molecular formula is C8H17NO5S2. The van der Waals surface area contributed by atoms with Crippen LogP contribution in [0.15, 0.2) is 0 Å². The van der Waals surface area contributed by atoms with Gasteiger partial charge in [-0.15, -0.1) is 0 Å². The van der Waals surface area contributed by atoms with Gasteiger partial charge in [0.15, 0.2) is 9.84 Å². The first-order valence-electron chi connectivity index (χ1n) is 5.12. The van der Waals surface area contributed by atoms with Gasteiger partial charge >= 0.3 is 0 Å². The summed E-state index contributed by atoms with van der Waals surface area (Å²) in [5, 5.41) is 8.30. The van der Waals surface area contributed by atoms with Crippen molar-refractivity contribution >= 4 is 19.9 Å². The standard InChI is InChI=1S/C8H17NO5S2/c1-3-9(4-2)16(13,14)8-6-15(11,12)5-7(8)10/h7-8,10H,3-6H2,1-2H3/t7-,8-/m0/s1. The molecule has 6 nitrogen and oxygen atoms in total. The summed E-state index contributed by atoms with van der Waals surface area (Å²) in [5.74, 6) is -0.939. The second-order valence-corrected chi connectivity index (χ2v) is 8.12. The van der Waals surface area contributed by atoms with Crippen molar-refractivity contribution in [2.24, 2.45) is 0 Å². The normalized spacial score (nSPS) is 29.8. The first kappa shape index (κ1) is 13.9. The Balaban J connectivity index is 3.02. The predicted octanol–water partition coefficient (Wildman–Crippen LogP) is -1.18. The molecule has 1 aliphatic heterocycles. The van der Waals surface area contributed by atoms with Crippen LogP contribution in [0.2, 0.25) is 0 Å². The van der Waals surface area contributed by atoms with E-state index in [0.29, 0.717) is 0 Å². The van der Waals surface area contributed by atoms with Gasteiger partial charge in [-0.05, 0) is 0 Å². The highest BCUT2D eigenvalue weighted by Gasteiger charge is 2.46. The summed E-state index contributed by atoms with van der Waals surface area (Å²) in [6, 6.07) is 0. The minimum absolute atomic E-state index is 0.280. The molecule has 2 atom stereocenters. The quantitative estimate of drug-likeness (QED) is 0.694. The van der Waals surface area contributed by atoms with Crippen LogP contribution in [0.3, 0.4) is 0 Å². The summed E-state index contributed by atoms with van der Waals surface area (Å²) in [4.78, 5) is 0. The Kier molecular flexibility index (Phi) is 3.99. The summed E-state index contributed by atoms with van der Waals surface area (Å²) >= 11 is 0. The van der Waals surface area contributed by atoms with Gasteiger partial charge in [0, 0.05) is 13.1 Å². The highest BCUT2D eigenvalue weighted by molar-refractivity contribution is 7.95. The molecule has 1 fully saturated rings. The van der Waals surface area contributed by atoms with E-state index in [1.165, 1.54) is 4.31 Å². The SMILES string of the molecule is CCN(CC)S(=O)(=O)[C@H]1CS(=O)(=O)C[C@@H]1O. The van der Waals surface area contributed by atoms with Crippen LogP contribution < -0.4 is 0 Å². The molecule has 0 spiro atoms. The lowest BCUT2D eigenvalue weighted by atomic mass is 10.3. The smallest absolute Gasteiger partial charge is 0.220 e. The molecule has 8 heteroatoms. The number of rotatable bonds is 4. The van der Waals surface area contributed by atoms with E-state index in [-0.39, 0.29) is 13.1 Å². The molecule has 1 saturated heterocycles. The minimum atomic E-state index is -3.72. The van der Waals surface area contributed by atoms with Crippen LogP contribution in [0.5, 0.6) is 0 Å². The fourth-order valence-corrected chi connectivity index (χ4v) is 6.50. The van der Waals surface area contributed by atoms with E-state index in [2.05, 4.69) is 0 Å². The summed E-state index contributed by atoms with van der Waals surface area (Å²) < 4.78 is 47.7. The van der Waals surface area contributed by atoms with E-state index >= 15 is 0 Å². The van der Waals surface area contributed by atoms with Crippen molar-refractivity contribution in [3.05, 3.63) is 0 Å². The van der Waals surface area contributed by atoms with E-state index in [0.717, 1.165) is 0 Å². The van der Waals surface area contributed by atoms with Crippen molar-refractivity contribution in [3.63, 3.8) is 0 Å². The second kappa shape index (κ2) is 4.59. The van der Waals surface area contributed by atoms with Crippen molar-refractivity contribution in [1.82, 2.24) is 4.31 Å². The van der Waals surface area contributed by atoms with Crippen LogP contribution in [0, 0.1) is 0 Å². The van der Waals surface area contributed by atoms with Gasteiger partial charge in [-0.1, -0.05) is 13.8 Å². The topological polar surface area (TPSA) is 91.8 Å². The van der Waals surface area contributed by atoms with Gasteiger partial charge in [-0.2, -0.15) is 0 Å². The first-order valence-corrected chi connectivity index (χ1v) is 8.44. The van der Waals surface area contributed by atoms with Gasteiger partial charge in [-0.3, -0.25) is 0 Å². The van der Waals surface area contributed by atoms with Crippen molar-refractivity contribution < 1.29 is 21.9 Å². The zero-order valence-electron chi connectivity index (χ0n) is 9.33. The number of sulfonamides is 1. The molecule has 1 heterocycles. The highest BCUT2D eigenvalue weighted by Crippen LogP contribution is 2.22. The largest absolute Gasteiger partial charge is 0.391 e. The third kappa shape index (κ3) is 2.55. The van der Waals surface area contributed by atoms with Crippen LogP contribution >= 0.6 is 0 Å². The number of aliphatic hydroxyl groups is 1. The fraction of sp³-hybridized carbons (Fsp3) is 1.00. The molecule has 0 unspecified atom stereocenters. The van der Waals surface area contributed by atoms with Crippen LogP contribution in [0.4, 0.5) is 0 Å². The molecule has 0 amide bonds. The zero-order chi connectivity index (χ0) is 12.6. The molecule has 96 valence electrons. The molecular weight excluding hydrogens is 254 g/mol. The van der Waals surface area contributed by atoms with E-state index in [4.69, 9.17) is 0 Å². The number of nitrogens with zero attached hydrogens (tertiary/aromatic N) is 1. The van der Waals surface area contributed by atoms with Crippen molar-refractivity contribution in [1.29, 1.82) is 0 Å². The molecule has 0 saturated carbocycles. The maximum atomic E-state index is 12.0. The van der Waals surface area contributed by atoms with Crippen LogP contribution in [0.25, 0.3) is 0 Å². The fourth-order valence-electron chi connectivity index (χ4n) is 1.86. The van der Waals surface area contributed by atoms with Gasteiger partial charge in [0.1, 0.15) is 5.25 Å². The molecule has 0 radical (unpaired) electrons. The Morgan fingerprint density at radius 1 is 1.25 bits per heavy atom. The van der Waals surface area contributed by atoms with E-state index in [1.54, 1.807) is 13.8 Å². The third-order valence-corrected chi connectivity index (χ3v) is 7.13. The summed E-state index contributed by atoms with van der Waals surface area (Å²) in [5.41, 5.74) is 0. The highest BCUT2D eigenvalue weighted by atomic mass is 32.2. The maximum absolute atomic E-state index is 12.0. The molecule has 0 aromatic rings. The molecule has 0 aliphatic carbocycles. The maximum Gasteiger partial charge on any atom is 0.220 e. The lowest BCUT2D eigenvalue weighted by molar-refractivity contribution is 0.201. The van der Waals surface area contributed by atoms with Gasteiger partial charge < -0.3 is 5.11 Å². The Morgan fingerprint density at radius 2 is 1.75 bits per heavy atom. The average molecular weight is 271 g/mol. The zero-order valence-corrected chi connectivity index (χ0v) is 11.0. The lowest BCUT2D eigenvalue weighted by Crippen LogP contribution is -2.43. The first-order chi connectivity index (χ1) is 7.24. The van der Waals surface area contributed by atoms with Crippen LogP contribution in [-0.2, 0) is 19.9 Å². The molecule has 0 bridgehead atoms. The predicted molar refractivity (Wildman–Crippen MR) is 60.3 cm³/mol. The van der Waals surface area contributed by atoms with Gasteiger partial charge in [0.25, 0.3) is 0 Å². The van der Waals surface area contributed by atoms with Gasteiger partial charge in [-0.25, -0.2) is 21.1 Å². The van der Waals surface area contributed by atoms with E-state index in [1.807, 2.05) is 0 Å². The second-order valence-electron chi connectivity index (χ2n) is 3.81. The van der Waals surface area contributed by atoms with Gasteiger partial charge in [0.2, 0.25) is 10.0 Å². The molecule has 16 heavy (non-hydrogen) atoms. The Labute approximate surface area is 96.2 Å². The molecule has 0 aromatic carbocycles. The van der Waals surface area contributed by atoms with E-state index < -0.39 is 42.7 Å². The van der Waals surface area contributed by atoms with Crippen molar-refractivity contribution in [3.8, 4) is 0 Å². The van der Waals surface area contributed by atoms with Crippen molar-refractivity contribution in [2.75, 3.05) is 24.6 Å². The Morgan fingerprint density at radius 3 is 2.06 bits per heavy atom. The van der Waals surface area contributed by atoms with Gasteiger partial charge in [0.05, 0.1) is 17.6 Å². The number of sulfone groups is 1. The van der Waals surface area contributed by atoms with Crippen LogP contribution in [-0.4, -0.2) is 62.2 Å². The Bertz CT molecular complexity index is 437. The summed E-state index contributed by atoms with van der Waals surface area (Å²) in [6.07, 6.45) is -1.31. The number of hydrogen-bond donors (Lipinski definition) is 1. The van der Waals surface area contributed by atoms with Crippen molar-refractivity contribution in [2.45, 2.75) is 25.2 Å². The number of hydrogen-bond acceptors (Lipinski definition) is 5. The molecule has 1 N–H and O–H groups in total. The monoisotopic (exact) mass is 271 g/mol. The molecule has 1 aliphatic rings. The molecule has 0 aromatic heterocycles. The summed E-state index contributed by atoms with van der Waals surface area (Å²) in [7, 11) is -7.15. The van der Waals surface area contributed by atoms with E-state index in [9.17, 15) is 21.9 Å². The third-order valence-electron chi connectivity index (χ3n) is 2.72. The summed E-state index contributed by atoms with van der Waals surface area (Å²) in [6.45, 7) is 3.91. The molecule has 1 rings (SSSR count). The average Bonchev–Trinajstić information content (AvgIpc) is 2.42. The van der Waals surface area contributed by atoms with Crippen LogP contribution in [0.1, 0.15) is 13.8 Å². The lowest BCUT2D eigenvalue weighted by Gasteiger charge is -2.23.